The first-order chi connectivity index (χ1) is 15.0. The maximum atomic E-state index is 13.0. The second-order valence-electron chi connectivity index (χ2n) is 7.01. The summed E-state index contributed by atoms with van der Waals surface area (Å²) in [4.78, 5) is 40.7. The Morgan fingerprint density at radius 1 is 1.29 bits per heavy atom. The number of aromatic nitrogens is 2. The number of H-pyrrole nitrogens is 1. The fourth-order valence-corrected chi connectivity index (χ4v) is 3.68. The summed E-state index contributed by atoms with van der Waals surface area (Å²) >= 11 is 0. The molecule has 0 spiro atoms. The maximum Gasteiger partial charge on any atom is 0.269 e. The van der Waals surface area contributed by atoms with Crippen LogP contribution in [-0.2, 0) is 11.3 Å². The molecule has 4 rings (SSSR count). The molecule has 1 aromatic carbocycles. The van der Waals surface area contributed by atoms with Crippen molar-refractivity contribution in [2.45, 2.75) is 19.0 Å². The van der Waals surface area contributed by atoms with Gasteiger partial charge in [0, 0.05) is 30.7 Å². The van der Waals surface area contributed by atoms with Crippen LogP contribution in [0.4, 0.5) is 5.69 Å². The summed E-state index contributed by atoms with van der Waals surface area (Å²) in [5, 5.41) is 24.1. The van der Waals surface area contributed by atoms with Crippen LogP contribution in [0.25, 0.3) is 0 Å². The Balaban J connectivity index is 1.70. The van der Waals surface area contributed by atoms with E-state index < -0.39 is 28.4 Å². The fourth-order valence-electron chi connectivity index (χ4n) is 3.68. The molecule has 1 N–H and O–H groups in total. The van der Waals surface area contributed by atoms with Gasteiger partial charge in [0.1, 0.15) is 12.4 Å². The smallest absolute Gasteiger partial charge is 0.269 e. The van der Waals surface area contributed by atoms with Crippen molar-refractivity contribution in [1.82, 2.24) is 9.88 Å². The van der Waals surface area contributed by atoms with E-state index >= 15 is 0 Å². The fraction of sp³-hybridized carbons (Fsp3) is 0.190. The lowest BCUT2D eigenvalue weighted by molar-refractivity contribution is -0.695. The lowest BCUT2D eigenvalue weighted by atomic mass is 9.94. The van der Waals surface area contributed by atoms with Gasteiger partial charge in [-0.15, -0.1) is 0 Å². The second kappa shape index (κ2) is 8.27. The summed E-state index contributed by atoms with van der Waals surface area (Å²) in [6.45, 7) is 0.760. The summed E-state index contributed by atoms with van der Waals surface area (Å²) in [6.07, 6.45) is 7.14. The molecule has 1 unspecified atom stereocenters. The highest BCUT2D eigenvalue weighted by Crippen LogP contribution is 2.39. The summed E-state index contributed by atoms with van der Waals surface area (Å²) in [5.41, 5.74) is -0.149. The number of nitro groups is 1. The summed E-state index contributed by atoms with van der Waals surface area (Å²) < 4.78 is 7.01. The van der Waals surface area contributed by atoms with Gasteiger partial charge in [0.25, 0.3) is 5.69 Å². The number of amides is 1. The minimum absolute atomic E-state index is 0.0729. The van der Waals surface area contributed by atoms with E-state index in [0.717, 1.165) is 0 Å². The number of nitrogens with zero attached hydrogens (tertiary/aromatic N) is 3. The maximum absolute atomic E-state index is 13.0. The third-order valence-corrected chi connectivity index (χ3v) is 5.09. The first kappa shape index (κ1) is 20.1. The number of nitrogens with one attached hydrogen (secondary N) is 1. The molecule has 10 heteroatoms. The number of non-ortho nitro benzene ring substituents is 1. The molecule has 0 bridgehead atoms. The molecule has 158 valence electrons. The minimum atomic E-state index is -1.03. The topological polar surface area (TPSA) is 136 Å². The highest BCUT2D eigenvalue weighted by atomic mass is 16.6. The number of rotatable bonds is 8. The van der Waals surface area contributed by atoms with Crippen molar-refractivity contribution in [2.24, 2.45) is 0 Å². The number of hydrogen-bond acceptors (Lipinski definition) is 6. The number of benzene rings is 1. The first-order valence-electron chi connectivity index (χ1n) is 9.54. The molecule has 0 radical (unpaired) electrons. The molecule has 31 heavy (non-hydrogen) atoms. The molecule has 1 aliphatic rings. The van der Waals surface area contributed by atoms with E-state index in [1.54, 1.807) is 18.6 Å². The van der Waals surface area contributed by atoms with Gasteiger partial charge in [-0.05, 0) is 23.5 Å². The predicted octanol–water partition coefficient (Wildman–Crippen LogP) is 1.27. The first-order valence-corrected chi connectivity index (χ1v) is 9.54. The molecule has 1 atom stereocenters. The number of ketones is 1. The Hall–Kier alpha value is -4.21. The second-order valence-corrected chi connectivity index (χ2v) is 7.01. The van der Waals surface area contributed by atoms with E-state index in [4.69, 9.17) is 4.42 Å². The lowest BCUT2D eigenvalue weighted by Gasteiger charge is -2.27. The molecule has 0 saturated carbocycles. The molecule has 1 amide bonds. The molecule has 10 nitrogen and oxygen atoms in total. The van der Waals surface area contributed by atoms with Gasteiger partial charge in [0.05, 0.1) is 23.8 Å². The molecule has 0 fully saturated rings. The molecule has 3 aromatic rings. The van der Waals surface area contributed by atoms with Crippen LogP contribution in [0.15, 0.2) is 77.1 Å². The zero-order chi connectivity index (χ0) is 22.0. The number of aromatic amines is 1. The number of imidazole rings is 1. The van der Waals surface area contributed by atoms with Gasteiger partial charge in [-0.25, -0.2) is 4.57 Å². The summed E-state index contributed by atoms with van der Waals surface area (Å²) in [5.74, 6) is -2.52. The largest absolute Gasteiger partial charge is 0.868 e. The van der Waals surface area contributed by atoms with Gasteiger partial charge in [-0.1, -0.05) is 12.1 Å². The minimum Gasteiger partial charge on any atom is -0.868 e. The van der Waals surface area contributed by atoms with E-state index in [1.165, 1.54) is 41.5 Å². The number of aryl methyl sites for hydroxylation is 1. The van der Waals surface area contributed by atoms with Crippen molar-refractivity contribution in [2.75, 3.05) is 6.54 Å². The Kier molecular flexibility index (Phi) is 5.35. The quantitative estimate of drug-likeness (QED) is 0.251. The van der Waals surface area contributed by atoms with Crippen LogP contribution < -0.4 is 9.67 Å². The Bertz CT molecular complexity index is 1150. The van der Waals surface area contributed by atoms with Crippen molar-refractivity contribution in [1.29, 1.82) is 0 Å². The van der Waals surface area contributed by atoms with E-state index in [2.05, 4.69) is 4.98 Å². The zero-order valence-electron chi connectivity index (χ0n) is 16.3. The average molecular weight is 422 g/mol. The highest BCUT2D eigenvalue weighted by molar-refractivity contribution is 6.14. The average Bonchev–Trinajstić information content (AvgIpc) is 3.52. The highest BCUT2D eigenvalue weighted by Gasteiger charge is 2.40. The van der Waals surface area contributed by atoms with Gasteiger partial charge in [0.15, 0.2) is 5.76 Å². The van der Waals surface area contributed by atoms with Crippen LogP contribution in [0.1, 0.15) is 28.6 Å². The van der Waals surface area contributed by atoms with Crippen LogP contribution in [0, 0.1) is 10.1 Å². The van der Waals surface area contributed by atoms with E-state index in [9.17, 15) is 24.8 Å². The molecular weight excluding hydrogens is 404 g/mol. The van der Waals surface area contributed by atoms with E-state index in [1.807, 2.05) is 10.8 Å². The van der Waals surface area contributed by atoms with Crippen molar-refractivity contribution in [3.8, 4) is 0 Å². The number of Topliss-reactive ketones (excluding diaryl/α,β-unsaturated/α-hetero) is 1. The lowest BCUT2D eigenvalue weighted by Crippen LogP contribution is -2.37. The number of carbonyl (C=O) groups excluding carboxylic acids is 2. The number of hydrogen-bond donors (Lipinski definition) is 1. The Morgan fingerprint density at radius 2 is 2.13 bits per heavy atom. The van der Waals surface area contributed by atoms with E-state index in [0.29, 0.717) is 18.5 Å². The Morgan fingerprint density at radius 3 is 2.81 bits per heavy atom. The zero-order valence-corrected chi connectivity index (χ0v) is 16.3. The molecule has 0 aliphatic carbocycles. The predicted molar refractivity (Wildman–Crippen MR) is 103 cm³/mol. The van der Waals surface area contributed by atoms with Crippen molar-refractivity contribution < 1.29 is 28.6 Å². The monoisotopic (exact) mass is 422 g/mol. The van der Waals surface area contributed by atoms with Gasteiger partial charge in [-0.2, -0.15) is 0 Å². The van der Waals surface area contributed by atoms with Crippen molar-refractivity contribution >= 4 is 17.4 Å². The molecular formula is C21H18N4O6. The van der Waals surface area contributed by atoms with Crippen LogP contribution in [0.3, 0.4) is 0 Å². The van der Waals surface area contributed by atoms with Crippen LogP contribution in [-0.4, -0.2) is 33.0 Å². The summed E-state index contributed by atoms with van der Waals surface area (Å²) in [6, 6.07) is 7.49. The van der Waals surface area contributed by atoms with Crippen LogP contribution >= 0.6 is 0 Å². The Labute approximate surface area is 176 Å². The van der Waals surface area contributed by atoms with E-state index in [-0.39, 0.29) is 23.6 Å². The number of nitro benzene ring substituents is 1. The van der Waals surface area contributed by atoms with Crippen LogP contribution in [0.5, 0.6) is 0 Å². The molecule has 2 aromatic heterocycles. The third kappa shape index (κ3) is 3.82. The number of carbonyl (C=O) groups is 2. The van der Waals surface area contributed by atoms with Gasteiger partial charge in [0.2, 0.25) is 18.0 Å². The third-order valence-electron chi connectivity index (χ3n) is 5.09. The van der Waals surface area contributed by atoms with Gasteiger partial charge >= 0.3 is 0 Å². The van der Waals surface area contributed by atoms with Crippen LogP contribution in [0.2, 0.25) is 0 Å². The number of furan rings is 1. The van der Waals surface area contributed by atoms with Gasteiger partial charge in [-0.3, -0.25) is 24.7 Å². The van der Waals surface area contributed by atoms with Gasteiger partial charge < -0.3 is 14.4 Å². The standard InChI is InChI=1S/C21H18N4O6/c26-19(16-6-2-11-31-16)17-18(14-4-1-5-15(12-14)25(29)30)24(21(28)20(17)27)9-3-8-23-10-7-22-13-23/h1-2,4-7,10-13,18H,3,8-9H2,(H,26,27). The molecule has 0 saturated heterocycles. The van der Waals surface area contributed by atoms with Crippen molar-refractivity contribution in [3.63, 3.8) is 0 Å². The molecule has 1 aliphatic heterocycles. The summed E-state index contributed by atoms with van der Waals surface area (Å²) in [7, 11) is 0. The molecule has 3 heterocycles. The SMILES string of the molecule is O=C(C1=C([O-])C(=O)N(CCC[n+]2cc[nH]c2)C1c1cccc([N+](=O)[O-])c1)c1ccco1. The van der Waals surface area contributed by atoms with Crippen molar-refractivity contribution in [3.05, 3.63) is 94.2 Å². The normalized spacial score (nSPS) is 16.2.